The van der Waals surface area contributed by atoms with Gasteiger partial charge in [-0.15, -0.1) is 0 Å². The van der Waals surface area contributed by atoms with Gasteiger partial charge >= 0.3 is 0 Å². The first kappa shape index (κ1) is 78.4. The molecule has 15 nitrogen and oxygen atoms in total. The normalized spacial score (nSPS) is 12.1. The predicted molar refractivity (Wildman–Crippen MR) is 495 cm³/mol. The fourth-order valence-corrected chi connectivity index (χ4v) is 17.6. The van der Waals surface area contributed by atoms with E-state index in [-0.39, 0.29) is 0 Å². The fraction of sp³-hybridized carbons (Fsp3) is 0.252. The number of hydrogen-bond donors (Lipinski definition) is 0. The maximum atomic E-state index is 7.60. The summed E-state index contributed by atoms with van der Waals surface area (Å²) < 4.78 is 64.5. The van der Waals surface area contributed by atoms with Crippen molar-refractivity contribution < 1.29 is 49.0 Å². The van der Waals surface area contributed by atoms with Crippen LogP contribution in [0.1, 0.15) is 136 Å². The Morgan fingerprint density at radius 1 is 0.254 bits per heavy atom. The lowest BCUT2D eigenvalue weighted by Gasteiger charge is -2.10. The molecule has 0 aliphatic carbocycles. The third-order valence-corrected chi connectivity index (χ3v) is 24.2. The van der Waals surface area contributed by atoms with Gasteiger partial charge in [0, 0.05) is 145 Å². The van der Waals surface area contributed by atoms with Crippen LogP contribution in [0.4, 0.5) is 0 Å². The molecular formula is C107H109N10O5+5. The Kier molecular flexibility index (Phi) is 20.8. The summed E-state index contributed by atoms with van der Waals surface area (Å²) >= 11 is 0. The Balaban J connectivity index is 0.000000115. The van der Waals surface area contributed by atoms with E-state index in [2.05, 4.69) is 296 Å². The predicted octanol–water partition coefficient (Wildman–Crippen LogP) is 24.3. The van der Waals surface area contributed by atoms with Crippen LogP contribution in [0, 0.1) is 131 Å². The number of rotatable bonds is 6. The van der Waals surface area contributed by atoms with E-state index in [1.54, 1.807) is 12.3 Å². The van der Waals surface area contributed by atoms with Crippen molar-refractivity contribution in [2.45, 2.75) is 151 Å². The van der Waals surface area contributed by atoms with Crippen molar-refractivity contribution in [3.8, 4) is 56.3 Å². The van der Waals surface area contributed by atoms with Crippen molar-refractivity contribution >= 4 is 110 Å². The van der Waals surface area contributed by atoms with E-state index in [1.807, 2.05) is 95.6 Å². The van der Waals surface area contributed by atoms with Gasteiger partial charge in [0.15, 0.2) is 58.9 Å². The highest BCUT2D eigenvalue weighted by Gasteiger charge is 2.30. The first-order valence-corrected chi connectivity index (χ1v) is 41.8. The molecule has 20 rings (SSSR count). The van der Waals surface area contributed by atoms with Crippen LogP contribution in [0.2, 0.25) is 0 Å². The van der Waals surface area contributed by atoms with Crippen LogP contribution in [0.15, 0.2) is 205 Å². The minimum atomic E-state index is -2.13. The Morgan fingerprint density at radius 2 is 0.557 bits per heavy atom. The molecule has 0 radical (unpaired) electrons. The lowest BCUT2D eigenvalue weighted by atomic mass is 9.95. The zero-order valence-corrected chi connectivity index (χ0v) is 74.9. The van der Waals surface area contributed by atoms with Gasteiger partial charge in [0.05, 0.1) is 27.8 Å². The number of hydrogen-bond acceptors (Lipinski definition) is 10. The van der Waals surface area contributed by atoms with Gasteiger partial charge in [0.1, 0.15) is 35.2 Å². The highest BCUT2D eigenvalue weighted by molar-refractivity contribution is 6.14. The molecular weight excluding hydrogens is 1510 g/mol. The standard InChI is InChI=1S/C23H25N2O.C22H23N2O.2C21H21N2O.C20H19N2O/c1-13(2)17-9-10-25(6)19(12-17)21-15(4)11-14(3)20-18-8-7-16(5)24-23(18)26-22(20)21;1-12-10-18(24(6)11-15(12)4)20-14(3)9-13(2)19-17-8-7-16(5)23-22(17)25-21(19)20;1-12-6-9-17(23(5)11-12)19-14(3)10-13(2)18-16-8-7-15(4)22-21(16)24-20(18)19;1-12-6-8-16-17-9-7-15(4)22-21(17)24-20(16)19(12)18-10-13(2)14(3)11-23(18)5;1-12-5-10-17(22(4)11-12)18-13(2)6-8-15-16-9-7-14(3)21-20(16)23-19(15)18/h7-13H,1-6H3;7-11H,1-6H3;2*6-11H,1-5H3;5-11H,1-4H3/q5*+1/i;;;;1D3. The topological polar surface area (TPSA) is 150 Å². The van der Waals surface area contributed by atoms with Gasteiger partial charge in [-0.2, -0.15) is 0 Å². The Bertz CT molecular complexity index is 7810. The average molecular weight is 1620 g/mol. The number of furan rings is 5. The molecule has 0 fully saturated rings. The minimum Gasteiger partial charge on any atom is -0.437 e. The molecule has 0 spiro atoms. The summed E-state index contributed by atoms with van der Waals surface area (Å²) in [5, 5.41) is 11.0. The molecule has 0 saturated heterocycles. The molecule has 0 unspecified atom stereocenters. The summed E-state index contributed by atoms with van der Waals surface area (Å²) in [4.78, 5) is 22.8. The Labute approximate surface area is 717 Å². The van der Waals surface area contributed by atoms with Crippen LogP contribution < -0.4 is 22.8 Å². The third-order valence-electron chi connectivity index (χ3n) is 24.2. The smallest absolute Gasteiger partial charge is 0.227 e. The molecule has 0 atom stereocenters. The molecule has 15 heteroatoms. The monoisotopic (exact) mass is 1620 g/mol. The number of aromatic nitrogens is 10. The summed E-state index contributed by atoms with van der Waals surface area (Å²) in [6, 6.07) is 52.6. The van der Waals surface area contributed by atoms with Crippen LogP contribution in [0.5, 0.6) is 0 Å². The number of nitrogens with zero attached hydrogens (tertiary/aromatic N) is 10. The van der Waals surface area contributed by atoms with Gasteiger partial charge in [-0.05, 0) is 271 Å². The summed E-state index contributed by atoms with van der Waals surface area (Å²) in [6.45, 7) is 40.0. The molecule has 0 bridgehead atoms. The van der Waals surface area contributed by atoms with Crippen molar-refractivity contribution in [2.75, 3.05) is 0 Å². The highest BCUT2D eigenvalue weighted by atomic mass is 16.4. The van der Waals surface area contributed by atoms with Gasteiger partial charge in [-0.25, -0.2) is 47.8 Å². The maximum absolute atomic E-state index is 7.60. The number of aryl methyl sites for hydroxylation is 24. The van der Waals surface area contributed by atoms with Gasteiger partial charge in [0.25, 0.3) is 0 Å². The third kappa shape index (κ3) is 15.1. The number of fused-ring (bicyclic) bond motifs is 15. The van der Waals surface area contributed by atoms with E-state index < -0.39 is 6.85 Å². The van der Waals surface area contributed by atoms with E-state index in [0.29, 0.717) is 22.9 Å². The van der Waals surface area contributed by atoms with Crippen LogP contribution >= 0.6 is 0 Å². The SMILES string of the molecule is Cc1ccc(-c2c(C)cc(C)c3c2oc2nc(C)ccc23)[n+](C)c1.Cc1ccc2c(n1)oc1c(-c3cc(C(C)C)cc[n+]3C)c(C)cc(C)c12.Cc1ccc2c(n1)oc1c(-c3cc(C)c(C)c[n+]3C)c(C)cc(C)c12.Cc1ccc2c(n1)oc1c(-c3cc(C)c(C)c[n+]3C)c(C)ccc12.[2H]C([2H])([2H])c1ccc(-c2c(C)ccc3c2oc2nc(C)ccc23)[n+](C)c1. The lowest BCUT2D eigenvalue weighted by Crippen LogP contribution is -2.31. The Morgan fingerprint density at radius 3 is 0.926 bits per heavy atom. The molecule has 0 aliphatic heterocycles. The molecule has 612 valence electrons. The van der Waals surface area contributed by atoms with E-state index in [4.69, 9.17) is 26.2 Å². The van der Waals surface area contributed by atoms with Crippen molar-refractivity contribution in [3.63, 3.8) is 0 Å². The van der Waals surface area contributed by atoms with E-state index >= 15 is 0 Å². The van der Waals surface area contributed by atoms with E-state index in [9.17, 15) is 0 Å². The second kappa shape index (κ2) is 32.3. The zero-order valence-electron chi connectivity index (χ0n) is 77.9. The molecule has 122 heavy (non-hydrogen) atoms. The highest BCUT2D eigenvalue weighted by Crippen LogP contribution is 2.44. The summed E-state index contributed by atoms with van der Waals surface area (Å²) in [6.07, 6.45) is 10.3. The molecule has 5 aromatic carbocycles. The van der Waals surface area contributed by atoms with Crippen LogP contribution in [0.25, 0.3) is 167 Å². The van der Waals surface area contributed by atoms with Crippen molar-refractivity contribution in [1.82, 2.24) is 24.9 Å². The van der Waals surface area contributed by atoms with E-state index in [0.717, 1.165) is 162 Å². The molecule has 0 saturated carbocycles. The van der Waals surface area contributed by atoms with Crippen LogP contribution in [-0.2, 0) is 35.2 Å². The second-order valence-corrected chi connectivity index (χ2v) is 34.1. The number of benzene rings is 5. The van der Waals surface area contributed by atoms with Crippen LogP contribution in [-0.4, -0.2) is 24.9 Å². The fourth-order valence-electron chi connectivity index (χ4n) is 17.6. The number of pyridine rings is 10. The summed E-state index contributed by atoms with van der Waals surface area (Å²) in [5.41, 5.74) is 41.5. The first-order chi connectivity index (χ1) is 59.4. The van der Waals surface area contributed by atoms with E-state index in [1.165, 1.54) is 99.9 Å². The van der Waals surface area contributed by atoms with Crippen molar-refractivity contribution in [2.24, 2.45) is 35.2 Å². The molecule has 15 heterocycles. The average Bonchev–Trinajstić information content (AvgIpc) is 1.62. The molecule has 0 amide bonds. The Hall–Kier alpha value is -13.4. The van der Waals surface area contributed by atoms with Gasteiger partial charge in [-0.1, -0.05) is 56.3 Å². The maximum Gasteiger partial charge on any atom is 0.227 e. The zero-order chi connectivity index (χ0) is 89.1. The summed E-state index contributed by atoms with van der Waals surface area (Å²) in [5.74, 6) is 0.483. The molecule has 20 aromatic rings. The summed E-state index contributed by atoms with van der Waals surface area (Å²) in [7, 11) is 10.2. The van der Waals surface area contributed by atoms with Crippen LogP contribution in [0.3, 0.4) is 0 Å². The molecule has 15 aromatic heterocycles. The first-order valence-electron chi connectivity index (χ1n) is 43.3. The quantitative estimate of drug-likeness (QED) is 0.147. The minimum absolute atomic E-state index is 0.315. The van der Waals surface area contributed by atoms with Crippen molar-refractivity contribution in [3.05, 3.63) is 295 Å². The van der Waals surface area contributed by atoms with Gasteiger partial charge in [-0.3, -0.25) is 0 Å². The molecule has 0 aliphatic rings. The second-order valence-electron chi connectivity index (χ2n) is 34.1. The largest absolute Gasteiger partial charge is 0.437 e. The van der Waals surface area contributed by atoms with Crippen molar-refractivity contribution in [1.29, 1.82) is 0 Å². The van der Waals surface area contributed by atoms with Gasteiger partial charge in [0.2, 0.25) is 57.0 Å². The molecule has 0 N–H and O–H groups in total. The van der Waals surface area contributed by atoms with Gasteiger partial charge < -0.3 is 22.1 Å². The lowest BCUT2D eigenvalue weighted by molar-refractivity contribution is -0.660.